The van der Waals surface area contributed by atoms with E-state index in [0.717, 1.165) is 36.7 Å². The van der Waals surface area contributed by atoms with Gasteiger partial charge in [0.05, 0.1) is 0 Å². The second kappa shape index (κ2) is 8.48. The van der Waals surface area contributed by atoms with Gasteiger partial charge in [-0.15, -0.1) is 0 Å². The van der Waals surface area contributed by atoms with Crippen LogP contribution in [0.25, 0.3) is 0 Å². The summed E-state index contributed by atoms with van der Waals surface area (Å²) in [7, 11) is 0. The predicted octanol–water partition coefficient (Wildman–Crippen LogP) is 4.91. The lowest BCUT2D eigenvalue weighted by Crippen LogP contribution is -2.19. The number of nitrogens with zero attached hydrogens (tertiary/aromatic N) is 3. The molecule has 2 aromatic carbocycles. The van der Waals surface area contributed by atoms with Gasteiger partial charge in [0.1, 0.15) is 5.82 Å². The van der Waals surface area contributed by atoms with Crippen LogP contribution in [0.1, 0.15) is 23.7 Å². The van der Waals surface area contributed by atoms with Crippen LogP contribution in [0.3, 0.4) is 0 Å². The van der Waals surface area contributed by atoms with Crippen molar-refractivity contribution in [2.24, 2.45) is 0 Å². The van der Waals surface area contributed by atoms with Crippen molar-refractivity contribution >= 4 is 17.5 Å². The summed E-state index contributed by atoms with van der Waals surface area (Å²) in [4.78, 5) is 11.5. The highest BCUT2D eigenvalue weighted by atomic mass is 15.2. The Morgan fingerprint density at radius 2 is 1.73 bits per heavy atom. The normalized spacial score (nSPS) is 10.6. The lowest BCUT2D eigenvalue weighted by molar-refractivity contribution is 0.941. The predicted molar refractivity (Wildman–Crippen MR) is 109 cm³/mol. The molecule has 0 radical (unpaired) electrons. The third kappa shape index (κ3) is 4.60. The van der Waals surface area contributed by atoms with E-state index in [9.17, 15) is 0 Å². The van der Waals surface area contributed by atoms with Crippen molar-refractivity contribution in [1.29, 1.82) is 0 Å². The minimum atomic E-state index is 0.682. The maximum absolute atomic E-state index is 4.75. The first kappa shape index (κ1) is 17.9. The average Bonchev–Trinajstić information content (AvgIpc) is 2.63. The Bertz CT molecular complexity index is 846. The Labute approximate surface area is 155 Å². The molecule has 1 aromatic heterocycles. The van der Waals surface area contributed by atoms with Gasteiger partial charge in [-0.3, -0.25) is 0 Å². The highest BCUT2D eigenvalue weighted by molar-refractivity contribution is 5.61. The molecule has 0 aliphatic rings. The highest BCUT2D eigenvalue weighted by Crippen LogP contribution is 2.25. The minimum Gasteiger partial charge on any atom is -0.354 e. The molecule has 0 fully saturated rings. The molecule has 0 saturated carbocycles. The van der Waals surface area contributed by atoms with Gasteiger partial charge in [-0.2, -0.15) is 4.98 Å². The SMILES string of the molecule is CCN(c1cccc(C)c1)c1cc(C)nc(NCCc2ccccc2)n1. The van der Waals surface area contributed by atoms with Gasteiger partial charge < -0.3 is 10.2 Å². The van der Waals surface area contributed by atoms with Gasteiger partial charge >= 0.3 is 0 Å². The van der Waals surface area contributed by atoms with Crippen LogP contribution in [0.15, 0.2) is 60.7 Å². The smallest absolute Gasteiger partial charge is 0.224 e. The van der Waals surface area contributed by atoms with Gasteiger partial charge in [-0.25, -0.2) is 4.98 Å². The first-order valence-electron chi connectivity index (χ1n) is 9.13. The molecule has 0 atom stereocenters. The number of benzene rings is 2. The Balaban J connectivity index is 1.76. The number of hydrogen-bond donors (Lipinski definition) is 1. The lowest BCUT2D eigenvalue weighted by Gasteiger charge is -2.23. The van der Waals surface area contributed by atoms with Crippen molar-refractivity contribution in [3.05, 3.63) is 77.5 Å². The van der Waals surface area contributed by atoms with Crippen LogP contribution in [0.4, 0.5) is 17.5 Å². The van der Waals surface area contributed by atoms with E-state index in [2.05, 4.69) is 77.6 Å². The van der Waals surface area contributed by atoms with Crippen LogP contribution in [0, 0.1) is 13.8 Å². The number of nitrogens with one attached hydrogen (secondary N) is 1. The summed E-state index contributed by atoms with van der Waals surface area (Å²) in [6, 6.07) is 21.0. The van der Waals surface area contributed by atoms with Crippen molar-refractivity contribution in [1.82, 2.24) is 9.97 Å². The fourth-order valence-electron chi connectivity index (χ4n) is 3.01. The highest BCUT2D eigenvalue weighted by Gasteiger charge is 2.11. The fourth-order valence-corrected chi connectivity index (χ4v) is 3.01. The summed E-state index contributed by atoms with van der Waals surface area (Å²) >= 11 is 0. The maximum Gasteiger partial charge on any atom is 0.224 e. The van der Waals surface area contributed by atoms with Crippen molar-refractivity contribution in [2.45, 2.75) is 27.2 Å². The van der Waals surface area contributed by atoms with Crippen molar-refractivity contribution in [3.63, 3.8) is 0 Å². The molecule has 3 aromatic rings. The van der Waals surface area contributed by atoms with Gasteiger partial charge in [-0.05, 0) is 50.5 Å². The van der Waals surface area contributed by atoms with E-state index in [1.807, 2.05) is 19.1 Å². The lowest BCUT2D eigenvalue weighted by atomic mass is 10.1. The van der Waals surface area contributed by atoms with E-state index in [4.69, 9.17) is 4.98 Å². The number of aromatic nitrogens is 2. The largest absolute Gasteiger partial charge is 0.354 e. The quantitative estimate of drug-likeness (QED) is 0.660. The summed E-state index contributed by atoms with van der Waals surface area (Å²) in [5, 5.41) is 3.37. The van der Waals surface area contributed by atoms with Crippen molar-refractivity contribution in [3.8, 4) is 0 Å². The minimum absolute atomic E-state index is 0.682. The van der Waals surface area contributed by atoms with Crippen LogP contribution in [-0.2, 0) is 6.42 Å². The standard InChI is InChI=1S/C22H26N4/c1-4-26(20-12-8-9-17(2)15-20)21-16-18(3)24-22(25-21)23-14-13-19-10-6-5-7-11-19/h5-12,15-16H,4,13-14H2,1-3H3,(H,23,24,25). The van der Waals surface area contributed by atoms with E-state index < -0.39 is 0 Å². The molecule has 0 bridgehead atoms. The number of aryl methyl sites for hydroxylation is 2. The summed E-state index contributed by atoms with van der Waals surface area (Å²) in [6.07, 6.45) is 0.947. The Hall–Kier alpha value is -2.88. The zero-order valence-corrected chi connectivity index (χ0v) is 15.7. The monoisotopic (exact) mass is 346 g/mol. The molecule has 0 amide bonds. The second-order valence-corrected chi connectivity index (χ2v) is 6.44. The Morgan fingerprint density at radius 1 is 0.923 bits per heavy atom. The van der Waals surface area contributed by atoms with E-state index in [0.29, 0.717) is 5.95 Å². The third-order valence-electron chi connectivity index (χ3n) is 4.29. The molecule has 4 heteroatoms. The molecule has 4 nitrogen and oxygen atoms in total. The van der Waals surface area contributed by atoms with E-state index >= 15 is 0 Å². The van der Waals surface area contributed by atoms with Crippen molar-refractivity contribution in [2.75, 3.05) is 23.3 Å². The van der Waals surface area contributed by atoms with Gasteiger partial charge in [0, 0.05) is 30.5 Å². The van der Waals surface area contributed by atoms with E-state index in [-0.39, 0.29) is 0 Å². The van der Waals surface area contributed by atoms with Gasteiger partial charge in [0.2, 0.25) is 5.95 Å². The molecule has 3 rings (SSSR count). The molecule has 134 valence electrons. The number of anilines is 3. The number of hydrogen-bond acceptors (Lipinski definition) is 4. The van der Waals surface area contributed by atoms with Gasteiger partial charge in [0.15, 0.2) is 0 Å². The molecule has 1 heterocycles. The van der Waals surface area contributed by atoms with E-state index in [1.165, 1.54) is 11.1 Å². The Morgan fingerprint density at radius 3 is 2.46 bits per heavy atom. The van der Waals surface area contributed by atoms with E-state index in [1.54, 1.807) is 0 Å². The maximum atomic E-state index is 4.75. The molecular formula is C22H26N4. The first-order chi connectivity index (χ1) is 12.7. The second-order valence-electron chi connectivity index (χ2n) is 6.44. The van der Waals surface area contributed by atoms with Gasteiger partial charge in [0.25, 0.3) is 0 Å². The van der Waals surface area contributed by atoms with Crippen LogP contribution in [-0.4, -0.2) is 23.1 Å². The fraction of sp³-hybridized carbons (Fsp3) is 0.273. The molecule has 26 heavy (non-hydrogen) atoms. The number of rotatable bonds is 7. The zero-order valence-electron chi connectivity index (χ0n) is 15.7. The summed E-state index contributed by atoms with van der Waals surface area (Å²) in [5.41, 5.74) is 4.67. The summed E-state index contributed by atoms with van der Waals surface area (Å²) < 4.78 is 0. The molecule has 0 spiro atoms. The van der Waals surface area contributed by atoms with Crippen LogP contribution < -0.4 is 10.2 Å². The molecular weight excluding hydrogens is 320 g/mol. The van der Waals surface area contributed by atoms with Crippen LogP contribution >= 0.6 is 0 Å². The van der Waals surface area contributed by atoms with Gasteiger partial charge in [-0.1, -0.05) is 42.5 Å². The average molecular weight is 346 g/mol. The zero-order chi connectivity index (χ0) is 18.4. The molecule has 0 unspecified atom stereocenters. The summed E-state index contributed by atoms with van der Waals surface area (Å²) in [5.74, 6) is 1.61. The van der Waals surface area contributed by atoms with Crippen molar-refractivity contribution < 1.29 is 0 Å². The third-order valence-corrected chi connectivity index (χ3v) is 4.29. The summed E-state index contributed by atoms with van der Waals surface area (Å²) in [6.45, 7) is 7.92. The topological polar surface area (TPSA) is 41.1 Å². The Kier molecular flexibility index (Phi) is 5.84. The van der Waals surface area contributed by atoms with Crippen LogP contribution in [0.2, 0.25) is 0 Å². The molecule has 1 N–H and O–H groups in total. The molecule has 0 aliphatic heterocycles. The first-order valence-corrected chi connectivity index (χ1v) is 9.13. The van der Waals surface area contributed by atoms with Crippen LogP contribution in [0.5, 0.6) is 0 Å². The molecule has 0 saturated heterocycles. The molecule has 0 aliphatic carbocycles.